The first-order valence-electron chi connectivity index (χ1n) is 4.96. The third kappa shape index (κ3) is 2.71. The maximum atomic E-state index is 10.5. The molecule has 2 aromatic rings. The summed E-state index contributed by atoms with van der Waals surface area (Å²) in [6, 6.07) is 5.82. The van der Waals surface area contributed by atoms with Gasteiger partial charge in [-0.05, 0) is 40.5 Å². The van der Waals surface area contributed by atoms with Crippen molar-refractivity contribution in [1.82, 2.24) is 15.0 Å². The predicted molar refractivity (Wildman–Crippen MR) is 65.1 cm³/mol. The Bertz CT molecular complexity index is 566. The summed E-state index contributed by atoms with van der Waals surface area (Å²) in [4.78, 5) is 10.5. The summed E-state index contributed by atoms with van der Waals surface area (Å²) >= 11 is 3.44. The van der Waals surface area contributed by atoms with Crippen molar-refractivity contribution in [2.24, 2.45) is 0 Å². The van der Waals surface area contributed by atoms with Crippen LogP contribution in [0, 0.1) is 6.92 Å². The summed E-state index contributed by atoms with van der Waals surface area (Å²) in [5.41, 5.74) is 2.40. The normalized spacial score (nSPS) is 10.5. The molecule has 0 aliphatic rings. The zero-order valence-corrected chi connectivity index (χ0v) is 10.7. The fourth-order valence-corrected chi connectivity index (χ4v) is 2.12. The van der Waals surface area contributed by atoms with Crippen molar-refractivity contribution in [2.45, 2.75) is 13.3 Å². The maximum Gasteiger partial charge on any atom is 0.309 e. The van der Waals surface area contributed by atoms with E-state index in [4.69, 9.17) is 5.11 Å². The first-order chi connectivity index (χ1) is 8.06. The van der Waals surface area contributed by atoms with Gasteiger partial charge < -0.3 is 5.11 Å². The Balaban J connectivity index is 2.33. The Morgan fingerprint density at radius 2 is 2.29 bits per heavy atom. The van der Waals surface area contributed by atoms with E-state index in [1.165, 1.54) is 0 Å². The smallest absolute Gasteiger partial charge is 0.309 e. The fourth-order valence-electron chi connectivity index (χ4n) is 1.45. The van der Waals surface area contributed by atoms with Gasteiger partial charge in [0, 0.05) is 4.47 Å². The van der Waals surface area contributed by atoms with Crippen molar-refractivity contribution in [1.29, 1.82) is 0 Å². The van der Waals surface area contributed by atoms with Crippen LogP contribution in [0.25, 0.3) is 5.69 Å². The highest BCUT2D eigenvalue weighted by molar-refractivity contribution is 9.10. The number of aromatic nitrogens is 3. The van der Waals surface area contributed by atoms with E-state index in [0.29, 0.717) is 5.69 Å². The zero-order valence-electron chi connectivity index (χ0n) is 9.09. The van der Waals surface area contributed by atoms with Gasteiger partial charge in [-0.25, -0.2) is 4.68 Å². The van der Waals surface area contributed by atoms with E-state index < -0.39 is 5.97 Å². The quantitative estimate of drug-likeness (QED) is 0.940. The molecule has 1 aromatic carbocycles. The minimum Gasteiger partial charge on any atom is -0.481 e. The monoisotopic (exact) mass is 295 g/mol. The van der Waals surface area contributed by atoms with Crippen LogP contribution in [0.5, 0.6) is 0 Å². The molecule has 1 N–H and O–H groups in total. The van der Waals surface area contributed by atoms with Crippen LogP contribution in [-0.2, 0) is 11.2 Å². The highest BCUT2D eigenvalue weighted by atomic mass is 79.9. The van der Waals surface area contributed by atoms with Gasteiger partial charge in [-0.3, -0.25) is 4.79 Å². The lowest BCUT2D eigenvalue weighted by atomic mass is 10.2. The van der Waals surface area contributed by atoms with Crippen LogP contribution in [0.2, 0.25) is 0 Å². The van der Waals surface area contributed by atoms with Gasteiger partial charge in [0.15, 0.2) is 0 Å². The Kier molecular flexibility index (Phi) is 3.23. The van der Waals surface area contributed by atoms with Gasteiger partial charge in [-0.1, -0.05) is 11.3 Å². The summed E-state index contributed by atoms with van der Waals surface area (Å²) in [6.07, 6.45) is 1.49. The molecule has 0 fully saturated rings. The second-order valence-electron chi connectivity index (χ2n) is 3.68. The number of aliphatic carboxylic acids is 1. The minimum absolute atomic E-state index is 0.122. The average Bonchev–Trinajstić information content (AvgIpc) is 2.65. The molecule has 0 aliphatic carbocycles. The SMILES string of the molecule is Cc1ccc(-n2cc(CC(=O)O)nn2)c(Br)c1. The Labute approximate surface area is 106 Å². The molecule has 1 aromatic heterocycles. The van der Waals surface area contributed by atoms with Gasteiger partial charge in [0.1, 0.15) is 0 Å². The third-order valence-corrected chi connectivity index (χ3v) is 2.86. The summed E-state index contributed by atoms with van der Waals surface area (Å²) in [6.45, 7) is 1.99. The number of hydrogen-bond acceptors (Lipinski definition) is 3. The molecule has 0 unspecified atom stereocenters. The highest BCUT2D eigenvalue weighted by Gasteiger charge is 2.08. The zero-order chi connectivity index (χ0) is 12.4. The Morgan fingerprint density at radius 1 is 1.53 bits per heavy atom. The summed E-state index contributed by atoms with van der Waals surface area (Å²) in [5.74, 6) is -0.917. The number of halogens is 1. The first-order valence-corrected chi connectivity index (χ1v) is 5.75. The lowest BCUT2D eigenvalue weighted by Crippen LogP contribution is -2.00. The van der Waals surface area contributed by atoms with Crippen molar-refractivity contribution in [3.8, 4) is 5.69 Å². The van der Waals surface area contributed by atoms with Crippen molar-refractivity contribution in [3.63, 3.8) is 0 Å². The van der Waals surface area contributed by atoms with E-state index in [1.807, 2.05) is 25.1 Å². The summed E-state index contributed by atoms with van der Waals surface area (Å²) in [5, 5.41) is 16.4. The molecule has 0 spiro atoms. The van der Waals surface area contributed by atoms with Crippen molar-refractivity contribution < 1.29 is 9.90 Å². The molecule has 6 heteroatoms. The minimum atomic E-state index is -0.917. The standard InChI is InChI=1S/C11H10BrN3O2/c1-7-2-3-10(9(12)4-7)15-6-8(13-14-15)5-11(16)17/h2-4,6H,5H2,1H3,(H,16,17). The molecule has 0 bridgehead atoms. The van der Waals surface area contributed by atoms with Crippen molar-refractivity contribution in [3.05, 3.63) is 40.1 Å². The second-order valence-corrected chi connectivity index (χ2v) is 4.53. The van der Waals surface area contributed by atoms with E-state index in [2.05, 4.69) is 26.2 Å². The Morgan fingerprint density at radius 3 is 2.94 bits per heavy atom. The van der Waals surface area contributed by atoms with Crippen molar-refractivity contribution >= 4 is 21.9 Å². The molecule has 0 aliphatic heterocycles. The number of carbonyl (C=O) groups is 1. The van der Waals surface area contributed by atoms with Crippen LogP contribution in [-0.4, -0.2) is 26.1 Å². The van der Waals surface area contributed by atoms with Crippen LogP contribution in [0.3, 0.4) is 0 Å². The van der Waals surface area contributed by atoms with Crippen molar-refractivity contribution in [2.75, 3.05) is 0 Å². The molecular weight excluding hydrogens is 286 g/mol. The molecule has 2 rings (SSSR count). The van der Waals surface area contributed by atoms with E-state index in [1.54, 1.807) is 10.9 Å². The van der Waals surface area contributed by atoms with Crippen LogP contribution in [0.1, 0.15) is 11.3 Å². The van der Waals surface area contributed by atoms with Gasteiger partial charge >= 0.3 is 5.97 Å². The molecule has 1 heterocycles. The lowest BCUT2D eigenvalue weighted by Gasteiger charge is -2.03. The van der Waals surface area contributed by atoms with Gasteiger partial charge in [0.25, 0.3) is 0 Å². The Hall–Kier alpha value is -1.69. The average molecular weight is 296 g/mol. The topological polar surface area (TPSA) is 68.0 Å². The highest BCUT2D eigenvalue weighted by Crippen LogP contribution is 2.21. The van der Waals surface area contributed by atoms with E-state index in [9.17, 15) is 4.79 Å². The number of carboxylic acids is 1. The molecule has 5 nitrogen and oxygen atoms in total. The van der Waals surface area contributed by atoms with Crippen LogP contribution in [0.4, 0.5) is 0 Å². The van der Waals surface area contributed by atoms with E-state index in [0.717, 1.165) is 15.7 Å². The lowest BCUT2D eigenvalue weighted by molar-refractivity contribution is -0.136. The summed E-state index contributed by atoms with van der Waals surface area (Å²) < 4.78 is 2.45. The van der Waals surface area contributed by atoms with Gasteiger partial charge in [-0.2, -0.15) is 0 Å². The maximum absolute atomic E-state index is 10.5. The second kappa shape index (κ2) is 4.67. The molecule has 17 heavy (non-hydrogen) atoms. The number of carboxylic acid groups (broad SMARTS) is 1. The van der Waals surface area contributed by atoms with Crippen LogP contribution < -0.4 is 0 Å². The molecule has 0 atom stereocenters. The molecule has 0 saturated carbocycles. The summed E-state index contributed by atoms with van der Waals surface area (Å²) in [7, 11) is 0. The molecule has 0 radical (unpaired) electrons. The predicted octanol–water partition coefficient (Wildman–Crippen LogP) is 1.97. The van der Waals surface area contributed by atoms with E-state index >= 15 is 0 Å². The van der Waals surface area contributed by atoms with E-state index in [-0.39, 0.29) is 6.42 Å². The molecule has 88 valence electrons. The van der Waals surface area contributed by atoms with Gasteiger partial charge in [0.05, 0.1) is 24.0 Å². The van der Waals surface area contributed by atoms with Crippen LogP contribution in [0.15, 0.2) is 28.9 Å². The number of rotatable bonds is 3. The molecule has 0 saturated heterocycles. The number of nitrogens with zero attached hydrogens (tertiary/aromatic N) is 3. The number of benzene rings is 1. The van der Waals surface area contributed by atoms with Gasteiger partial charge in [-0.15, -0.1) is 5.10 Å². The number of aryl methyl sites for hydroxylation is 1. The van der Waals surface area contributed by atoms with Crippen LogP contribution >= 0.6 is 15.9 Å². The number of hydrogen-bond donors (Lipinski definition) is 1. The molecular formula is C11H10BrN3O2. The molecule has 0 amide bonds. The first kappa shape index (κ1) is 11.8. The largest absolute Gasteiger partial charge is 0.481 e. The third-order valence-electron chi connectivity index (χ3n) is 2.22. The van der Waals surface area contributed by atoms with Gasteiger partial charge in [0.2, 0.25) is 0 Å². The fraction of sp³-hybridized carbons (Fsp3) is 0.182.